The number of aliphatic hydroxyl groups excluding tert-OH is 3. The van der Waals surface area contributed by atoms with Gasteiger partial charge in [0.25, 0.3) is 0 Å². The molecule has 0 rings (SSSR count). The van der Waals surface area contributed by atoms with Gasteiger partial charge in [-0.05, 0) is 70.6 Å². The van der Waals surface area contributed by atoms with E-state index in [-0.39, 0.29) is 12.8 Å². The number of rotatable bonds is 39. The molecular formula is C46H77O11P. The molecule has 0 aliphatic carbocycles. The second kappa shape index (κ2) is 40.9. The van der Waals surface area contributed by atoms with Crippen LogP contribution < -0.4 is 0 Å². The quantitative estimate of drug-likeness (QED) is 0.0153. The van der Waals surface area contributed by atoms with Crippen molar-refractivity contribution in [1.82, 2.24) is 0 Å². The summed E-state index contributed by atoms with van der Waals surface area (Å²) in [7, 11) is -4.66. The highest BCUT2D eigenvalue weighted by atomic mass is 31.2. The lowest BCUT2D eigenvalue weighted by atomic mass is 10.1. The van der Waals surface area contributed by atoms with Gasteiger partial charge in [-0.3, -0.25) is 18.6 Å². The minimum atomic E-state index is -4.66. The summed E-state index contributed by atoms with van der Waals surface area (Å²) in [4.78, 5) is 35.0. The molecule has 0 amide bonds. The van der Waals surface area contributed by atoms with Gasteiger partial charge in [-0.15, -0.1) is 0 Å². The number of allylic oxidation sites excluding steroid dienone is 12. The zero-order valence-corrected chi connectivity index (χ0v) is 36.5. The number of ether oxygens (including phenoxy) is 2. The summed E-state index contributed by atoms with van der Waals surface area (Å²) < 4.78 is 32.6. The zero-order valence-electron chi connectivity index (χ0n) is 35.6. The molecule has 0 radical (unpaired) electrons. The Morgan fingerprint density at radius 2 is 1.17 bits per heavy atom. The maximum absolute atomic E-state index is 12.6. The largest absolute Gasteiger partial charge is 0.472 e. The van der Waals surface area contributed by atoms with Gasteiger partial charge in [0.2, 0.25) is 0 Å². The number of unbranched alkanes of at least 4 members (excludes halogenated alkanes) is 11. The lowest BCUT2D eigenvalue weighted by molar-refractivity contribution is -0.161. The third-order valence-corrected chi connectivity index (χ3v) is 9.58. The number of hydrogen-bond acceptors (Lipinski definition) is 10. The molecule has 4 atom stereocenters. The van der Waals surface area contributed by atoms with Crippen LogP contribution in [0, 0.1) is 0 Å². The third-order valence-electron chi connectivity index (χ3n) is 8.63. The molecule has 58 heavy (non-hydrogen) atoms. The monoisotopic (exact) mass is 837 g/mol. The van der Waals surface area contributed by atoms with E-state index in [0.717, 1.165) is 57.8 Å². The molecule has 0 spiro atoms. The Morgan fingerprint density at radius 3 is 1.81 bits per heavy atom. The third kappa shape index (κ3) is 39.9. The van der Waals surface area contributed by atoms with E-state index in [4.69, 9.17) is 19.1 Å². The van der Waals surface area contributed by atoms with Crippen LogP contribution in [0.2, 0.25) is 0 Å². The SMILES string of the molecule is CC/C=C\C/C=C\C/C=C\C/C=C\C=C/C(O)C/C=C\CCC(=O)OC[C@H](COP(=O)(O)OC[C@@H](O)CO)OC(=O)CCCCCCCCC/C=C\CCCCCC. The molecule has 0 aromatic carbocycles. The van der Waals surface area contributed by atoms with Gasteiger partial charge in [0.05, 0.1) is 25.9 Å². The second-order valence-corrected chi connectivity index (χ2v) is 15.6. The van der Waals surface area contributed by atoms with Gasteiger partial charge in [-0.25, -0.2) is 4.57 Å². The van der Waals surface area contributed by atoms with Gasteiger partial charge in [0, 0.05) is 12.8 Å². The second-order valence-electron chi connectivity index (χ2n) is 14.2. The van der Waals surface area contributed by atoms with Crippen molar-refractivity contribution >= 4 is 19.8 Å². The van der Waals surface area contributed by atoms with Crippen LogP contribution in [0.3, 0.4) is 0 Å². The van der Waals surface area contributed by atoms with Gasteiger partial charge in [-0.1, -0.05) is 150 Å². The van der Waals surface area contributed by atoms with Crippen molar-refractivity contribution in [3.8, 4) is 0 Å². The molecule has 0 aliphatic heterocycles. The number of hydrogen-bond donors (Lipinski definition) is 4. The van der Waals surface area contributed by atoms with Crippen molar-refractivity contribution < 1.29 is 52.9 Å². The number of phosphoric ester groups is 1. The first-order valence-electron chi connectivity index (χ1n) is 21.7. The Morgan fingerprint density at radius 1 is 0.603 bits per heavy atom. The lowest BCUT2D eigenvalue weighted by Crippen LogP contribution is -2.29. The Kier molecular flexibility index (Phi) is 38.8. The Balaban J connectivity index is 4.53. The van der Waals surface area contributed by atoms with Crippen LogP contribution in [0.15, 0.2) is 85.1 Å². The summed E-state index contributed by atoms with van der Waals surface area (Å²) in [5.74, 6) is -1.12. The molecule has 12 heteroatoms. The molecule has 2 unspecified atom stereocenters. The van der Waals surface area contributed by atoms with Crippen LogP contribution >= 0.6 is 7.82 Å². The van der Waals surface area contributed by atoms with E-state index in [0.29, 0.717) is 19.3 Å². The summed E-state index contributed by atoms with van der Waals surface area (Å²) in [6, 6.07) is 0. The molecule has 332 valence electrons. The highest BCUT2D eigenvalue weighted by molar-refractivity contribution is 7.47. The Bertz CT molecular complexity index is 1250. The van der Waals surface area contributed by atoms with Crippen LogP contribution in [0.25, 0.3) is 0 Å². The summed E-state index contributed by atoms with van der Waals surface area (Å²) in [5, 5.41) is 28.5. The first kappa shape index (κ1) is 55.1. The molecular weight excluding hydrogens is 759 g/mol. The maximum Gasteiger partial charge on any atom is 0.472 e. The fraction of sp³-hybridized carbons (Fsp3) is 0.652. The number of aliphatic hydroxyl groups is 3. The first-order chi connectivity index (χ1) is 28.1. The Hall–Kier alpha value is -2.89. The van der Waals surface area contributed by atoms with E-state index in [1.54, 1.807) is 24.3 Å². The molecule has 0 aromatic rings. The van der Waals surface area contributed by atoms with Crippen molar-refractivity contribution in [1.29, 1.82) is 0 Å². The minimum Gasteiger partial charge on any atom is -0.462 e. The van der Waals surface area contributed by atoms with Gasteiger partial charge in [0.1, 0.15) is 12.7 Å². The van der Waals surface area contributed by atoms with Crippen molar-refractivity contribution in [2.45, 2.75) is 167 Å². The predicted octanol–water partition coefficient (Wildman–Crippen LogP) is 10.4. The normalized spacial score (nSPS) is 15.2. The number of phosphoric acid groups is 1. The van der Waals surface area contributed by atoms with E-state index in [1.807, 2.05) is 12.2 Å². The van der Waals surface area contributed by atoms with Gasteiger partial charge >= 0.3 is 19.8 Å². The van der Waals surface area contributed by atoms with E-state index in [9.17, 15) is 29.3 Å². The van der Waals surface area contributed by atoms with Crippen LogP contribution in [0.4, 0.5) is 0 Å². The molecule has 0 heterocycles. The molecule has 0 saturated heterocycles. The predicted molar refractivity (Wildman–Crippen MR) is 234 cm³/mol. The number of carbonyl (C=O) groups is 2. The standard InChI is InChI=1S/C46H77O11P/c1-3-5-7-9-11-13-15-17-18-20-22-24-26-28-32-37-46(51)57-44(41-56-58(52,53)55-39-43(49)38-47)40-54-45(50)36-33-29-31-35-42(48)34-30-27-25-23-21-19-16-14-12-10-8-6-4-2/h6,8,12-15,19,21,25,27,29-31,34,42-44,47-49H,3-5,7,9-11,16-18,20,22-24,26,28,32-33,35-41H2,1-2H3,(H,52,53)/b8-6-,14-12-,15-13-,21-19-,27-25-,31-29-,34-30-/t42?,43-,44+/m0/s1. The smallest absolute Gasteiger partial charge is 0.462 e. The summed E-state index contributed by atoms with van der Waals surface area (Å²) in [6.07, 6.45) is 44.4. The minimum absolute atomic E-state index is 0.0301. The summed E-state index contributed by atoms with van der Waals surface area (Å²) in [5.41, 5.74) is 0. The molecule has 11 nitrogen and oxygen atoms in total. The van der Waals surface area contributed by atoms with E-state index in [2.05, 4.69) is 67.0 Å². The van der Waals surface area contributed by atoms with Crippen LogP contribution in [0.1, 0.15) is 149 Å². The molecule has 0 bridgehead atoms. The number of esters is 2. The fourth-order valence-electron chi connectivity index (χ4n) is 5.27. The van der Waals surface area contributed by atoms with Crippen molar-refractivity contribution in [3.05, 3.63) is 85.1 Å². The number of carbonyl (C=O) groups excluding carboxylic acids is 2. The van der Waals surface area contributed by atoms with E-state index in [1.165, 1.54) is 44.9 Å². The van der Waals surface area contributed by atoms with Crippen molar-refractivity contribution in [2.75, 3.05) is 26.4 Å². The molecule has 4 N–H and O–H groups in total. The zero-order chi connectivity index (χ0) is 42.8. The summed E-state index contributed by atoms with van der Waals surface area (Å²) >= 11 is 0. The maximum atomic E-state index is 12.6. The topological polar surface area (TPSA) is 169 Å². The van der Waals surface area contributed by atoms with Gasteiger partial charge in [0.15, 0.2) is 6.10 Å². The molecule has 0 fully saturated rings. The van der Waals surface area contributed by atoms with E-state index >= 15 is 0 Å². The first-order valence-corrected chi connectivity index (χ1v) is 23.1. The molecule has 0 aromatic heterocycles. The Labute approximate surface area is 350 Å². The highest BCUT2D eigenvalue weighted by Gasteiger charge is 2.27. The van der Waals surface area contributed by atoms with Crippen LogP contribution in [-0.2, 0) is 32.7 Å². The lowest BCUT2D eigenvalue weighted by Gasteiger charge is -2.20. The van der Waals surface area contributed by atoms with Gasteiger partial charge in [-0.2, -0.15) is 0 Å². The van der Waals surface area contributed by atoms with Crippen LogP contribution in [-0.4, -0.2) is 76.9 Å². The summed E-state index contributed by atoms with van der Waals surface area (Å²) in [6.45, 7) is 2.03. The van der Waals surface area contributed by atoms with Gasteiger partial charge < -0.3 is 29.7 Å². The van der Waals surface area contributed by atoms with Crippen LogP contribution in [0.5, 0.6) is 0 Å². The van der Waals surface area contributed by atoms with E-state index < -0.39 is 64.5 Å². The highest BCUT2D eigenvalue weighted by Crippen LogP contribution is 2.43. The fourth-order valence-corrected chi connectivity index (χ4v) is 6.06. The average molecular weight is 837 g/mol. The van der Waals surface area contributed by atoms with Crippen molar-refractivity contribution in [3.63, 3.8) is 0 Å². The molecule has 0 saturated carbocycles. The average Bonchev–Trinajstić information content (AvgIpc) is 3.21. The van der Waals surface area contributed by atoms with Crippen molar-refractivity contribution in [2.24, 2.45) is 0 Å². The molecule has 0 aliphatic rings.